The lowest BCUT2D eigenvalue weighted by molar-refractivity contribution is 0.0914. The zero-order valence-corrected chi connectivity index (χ0v) is 17.0. The van der Waals surface area contributed by atoms with Gasteiger partial charge >= 0.3 is 0 Å². The van der Waals surface area contributed by atoms with Gasteiger partial charge in [0.15, 0.2) is 5.76 Å². The van der Waals surface area contributed by atoms with Gasteiger partial charge in [-0.15, -0.1) is 0 Å². The Morgan fingerprint density at radius 1 is 1.24 bits per heavy atom. The average molecular weight is 410 g/mol. The highest BCUT2D eigenvalue weighted by atomic mass is 35.5. The van der Waals surface area contributed by atoms with Crippen molar-refractivity contribution in [1.82, 2.24) is 14.9 Å². The molecule has 0 radical (unpaired) electrons. The number of imidazole rings is 1. The molecule has 4 rings (SSSR count). The molecule has 0 aliphatic carbocycles. The van der Waals surface area contributed by atoms with Crippen LogP contribution in [0, 0.1) is 6.92 Å². The van der Waals surface area contributed by atoms with Crippen LogP contribution in [0.3, 0.4) is 0 Å². The van der Waals surface area contributed by atoms with Crippen molar-refractivity contribution < 1.29 is 13.9 Å². The highest BCUT2D eigenvalue weighted by Gasteiger charge is 2.25. The largest absolute Gasteiger partial charge is 0.497 e. The van der Waals surface area contributed by atoms with Gasteiger partial charge in [0, 0.05) is 35.4 Å². The van der Waals surface area contributed by atoms with Crippen LogP contribution in [0.1, 0.15) is 33.5 Å². The maximum absolute atomic E-state index is 13.1. The molecule has 29 heavy (non-hydrogen) atoms. The van der Waals surface area contributed by atoms with Crippen molar-refractivity contribution in [1.29, 1.82) is 0 Å². The van der Waals surface area contributed by atoms with E-state index >= 15 is 0 Å². The number of carbonyl (C=O) groups is 1. The van der Waals surface area contributed by atoms with E-state index in [0.717, 1.165) is 22.3 Å². The molecule has 1 N–H and O–H groups in total. The predicted octanol–water partition coefficient (Wildman–Crippen LogP) is 4.66. The minimum atomic E-state index is -0.454. The normalized spacial score (nSPS) is 12.1. The van der Waals surface area contributed by atoms with Gasteiger partial charge in [0.2, 0.25) is 0 Å². The molecular formula is C22H20ClN3O3. The summed E-state index contributed by atoms with van der Waals surface area (Å²) in [5.41, 5.74) is 2.24. The Kier molecular flexibility index (Phi) is 5.03. The number of carbonyl (C=O) groups excluding carboxylic acids is 1. The van der Waals surface area contributed by atoms with Gasteiger partial charge in [-0.3, -0.25) is 4.79 Å². The van der Waals surface area contributed by atoms with E-state index in [1.807, 2.05) is 49.0 Å². The fourth-order valence-corrected chi connectivity index (χ4v) is 3.53. The van der Waals surface area contributed by atoms with Crippen LogP contribution in [0.5, 0.6) is 5.75 Å². The summed E-state index contributed by atoms with van der Waals surface area (Å²) in [5.74, 6) is 1.39. The zero-order valence-electron chi connectivity index (χ0n) is 16.3. The Morgan fingerprint density at radius 2 is 2.00 bits per heavy atom. The molecule has 0 saturated heterocycles. The fraction of sp³-hybridized carbons (Fsp3) is 0.182. The van der Waals surface area contributed by atoms with Crippen LogP contribution in [0.15, 0.2) is 59.3 Å². The summed E-state index contributed by atoms with van der Waals surface area (Å²) in [6, 6.07) is 12.4. The summed E-state index contributed by atoms with van der Waals surface area (Å²) in [4.78, 5) is 17.6. The van der Waals surface area contributed by atoms with Gasteiger partial charge in [-0.2, -0.15) is 0 Å². The van der Waals surface area contributed by atoms with Gasteiger partial charge in [0.05, 0.1) is 7.11 Å². The molecular weight excluding hydrogens is 390 g/mol. The standard InChI is InChI=1S/C22H20ClN3O3/c1-13-17-12-15(23)6-9-18(17)29-20(13)22(27)25-19(21-24-10-11-26(21)2)14-4-7-16(28-3)8-5-14/h4-12,19H,1-3H3,(H,25,27)/t19-/m1/s1. The topological polar surface area (TPSA) is 69.3 Å². The first-order valence-corrected chi connectivity index (χ1v) is 9.46. The molecule has 148 valence electrons. The van der Waals surface area contributed by atoms with E-state index in [1.165, 1.54) is 0 Å². The Labute approximate surface area is 173 Å². The number of fused-ring (bicyclic) bond motifs is 1. The number of aromatic nitrogens is 2. The van der Waals surface area contributed by atoms with E-state index in [9.17, 15) is 4.79 Å². The van der Waals surface area contributed by atoms with Gasteiger partial charge in [-0.25, -0.2) is 4.98 Å². The van der Waals surface area contributed by atoms with Gasteiger partial charge in [0.1, 0.15) is 23.2 Å². The highest BCUT2D eigenvalue weighted by Crippen LogP contribution is 2.29. The van der Waals surface area contributed by atoms with Crippen LogP contribution in [0.4, 0.5) is 0 Å². The quantitative estimate of drug-likeness (QED) is 0.520. The van der Waals surface area contributed by atoms with Crippen LogP contribution in [0.2, 0.25) is 5.02 Å². The minimum absolute atomic E-state index is 0.259. The molecule has 2 aromatic carbocycles. The summed E-state index contributed by atoms with van der Waals surface area (Å²) in [7, 11) is 3.50. The van der Waals surface area contributed by atoms with Gasteiger partial charge < -0.3 is 19.0 Å². The second kappa shape index (κ2) is 7.64. The Morgan fingerprint density at radius 3 is 2.66 bits per heavy atom. The van der Waals surface area contributed by atoms with Crippen LogP contribution >= 0.6 is 11.6 Å². The third kappa shape index (κ3) is 3.59. The average Bonchev–Trinajstić information content (AvgIpc) is 3.29. The number of ether oxygens (including phenoxy) is 1. The first-order chi connectivity index (χ1) is 14.0. The lowest BCUT2D eigenvalue weighted by Gasteiger charge is -2.19. The van der Waals surface area contributed by atoms with Gasteiger partial charge in [-0.1, -0.05) is 23.7 Å². The number of hydrogen-bond acceptors (Lipinski definition) is 4. The lowest BCUT2D eigenvalue weighted by atomic mass is 10.1. The Balaban J connectivity index is 1.71. The number of halogens is 1. The lowest BCUT2D eigenvalue weighted by Crippen LogP contribution is -2.31. The number of rotatable bonds is 5. The van der Waals surface area contributed by atoms with Gasteiger partial charge in [-0.05, 0) is 42.8 Å². The smallest absolute Gasteiger partial charge is 0.288 e. The predicted molar refractivity (Wildman–Crippen MR) is 111 cm³/mol. The number of furan rings is 1. The summed E-state index contributed by atoms with van der Waals surface area (Å²) in [6.45, 7) is 1.85. The number of aryl methyl sites for hydroxylation is 2. The van der Waals surface area contributed by atoms with Crippen LogP contribution < -0.4 is 10.1 Å². The first-order valence-electron chi connectivity index (χ1n) is 9.08. The molecule has 0 bridgehead atoms. The number of benzene rings is 2. The molecule has 0 unspecified atom stereocenters. The number of amides is 1. The number of nitrogens with one attached hydrogen (secondary N) is 1. The molecule has 0 fully saturated rings. The van der Waals surface area contributed by atoms with E-state index in [4.69, 9.17) is 20.8 Å². The Hall–Kier alpha value is -3.25. The molecule has 2 aromatic heterocycles. The third-order valence-electron chi connectivity index (χ3n) is 4.95. The third-order valence-corrected chi connectivity index (χ3v) is 5.18. The molecule has 0 spiro atoms. The monoisotopic (exact) mass is 409 g/mol. The number of nitrogens with zero attached hydrogens (tertiary/aromatic N) is 2. The maximum atomic E-state index is 13.1. The second-order valence-corrected chi connectivity index (χ2v) is 7.21. The van der Waals surface area contributed by atoms with Gasteiger partial charge in [0.25, 0.3) is 5.91 Å². The van der Waals surface area contributed by atoms with Crippen LogP contribution in [-0.2, 0) is 7.05 Å². The van der Waals surface area contributed by atoms with E-state index in [2.05, 4.69) is 10.3 Å². The number of methoxy groups -OCH3 is 1. The first kappa shape index (κ1) is 19.1. The Bertz CT molecular complexity index is 1180. The molecule has 1 atom stereocenters. The van der Waals surface area contributed by atoms with E-state index < -0.39 is 6.04 Å². The summed E-state index contributed by atoms with van der Waals surface area (Å²) >= 11 is 6.09. The summed E-state index contributed by atoms with van der Waals surface area (Å²) < 4.78 is 12.9. The minimum Gasteiger partial charge on any atom is -0.497 e. The number of hydrogen-bond donors (Lipinski definition) is 1. The molecule has 0 aliphatic heterocycles. The van der Waals surface area contributed by atoms with E-state index in [0.29, 0.717) is 16.4 Å². The molecule has 1 amide bonds. The van der Waals surface area contributed by atoms with Crippen molar-refractivity contribution >= 4 is 28.5 Å². The van der Waals surface area contributed by atoms with Crippen molar-refractivity contribution in [2.24, 2.45) is 7.05 Å². The van der Waals surface area contributed by atoms with Crippen molar-refractivity contribution in [3.8, 4) is 5.75 Å². The van der Waals surface area contributed by atoms with E-state index in [1.54, 1.807) is 31.5 Å². The SMILES string of the molecule is COc1ccc([C@@H](NC(=O)c2oc3ccc(Cl)cc3c2C)c2nccn2C)cc1. The molecule has 4 aromatic rings. The second-order valence-electron chi connectivity index (χ2n) is 6.77. The highest BCUT2D eigenvalue weighted by molar-refractivity contribution is 6.31. The van der Waals surface area contributed by atoms with Crippen LogP contribution in [0.25, 0.3) is 11.0 Å². The molecule has 0 aliphatic rings. The summed E-state index contributed by atoms with van der Waals surface area (Å²) in [5, 5.41) is 4.47. The maximum Gasteiger partial charge on any atom is 0.288 e. The fourth-order valence-electron chi connectivity index (χ4n) is 3.35. The van der Waals surface area contributed by atoms with Crippen LogP contribution in [-0.4, -0.2) is 22.6 Å². The van der Waals surface area contributed by atoms with Crippen molar-refractivity contribution in [2.45, 2.75) is 13.0 Å². The molecule has 7 heteroatoms. The zero-order chi connectivity index (χ0) is 20.5. The van der Waals surface area contributed by atoms with Crippen molar-refractivity contribution in [3.63, 3.8) is 0 Å². The van der Waals surface area contributed by atoms with Crippen molar-refractivity contribution in [2.75, 3.05) is 7.11 Å². The van der Waals surface area contributed by atoms with Crippen molar-refractivity contribution in [3.05, 3.63) is 82.6 Å². The van der Waals surface area contributed by atoms with E-state index in [-0.39, 0.29) is 11.7 Å². The summed E-state index contributed by atoms with van der Waals surface area (Å²) in [6.07, 6.45) is 3.54. The molecule has 0 saturated carbocycles. The molecule has 6 nitrogen and oxygen atoms in total. The molecule has 2 heterocycles.